The molecule has 2 atom stereocenters. The highest BCUT2D eigenvalue weighted by Crippen LogP contribution is 2.25. The van der Waals surface area contributed by atoms with E-state index in [1.807, 2.05) is 24.3 Å². The lowest BCUT2D eigenvalue weighted by Gasteiger charge is -2.29. The van der Waals surface area contributed by atoms with Gasteiger partial charge in [0, 0.05) is 25.2 Å². The Hall–Kier alpha value is -2.77. The summed E-state index contributed by atoms with van der Waals surface area (Å²) in [7, 11) is 1.58. The second kappa shape index (κ2) is 8.28. The topological polar surface area (TPSA) is 99.2 Å². The van der Waals surface area contributed by atoms with Gasteiger partial charge < -0.3 is 20.1 Å². The molecule has 0 spiro atoms. The third kappa shape index (κ3) is 3.99. The van der Waals surface area contributed by atoms with Crippen LogP contribution in [-0.2, 0) is 16.1 Å². The van der Waals surface area contributed by atoms with Crippen molar-refractivity contribution in [1.29, 1.82) is 0 Å². The number of methoxy groups -OCH3 is 1. The van der Waals surface area contributed by atoms with Crippen molar-refractivity contribution in [2.45, 2.75) is 44.3 Å². The van der Waals surface area contributed by atoms with Crippen LogP contribution in [0.3, 0.4) is 0 Å². The first-order chi connectivity index (χ1) is 13.0. The fraction of sp³-hybridized carbons (Fsp3) is 0.526. The molecule has 0 bridgehead atoms. The van der Waals surface area contributed by atoms with E-state index in [1.165, 1.54) is 4.90 Å². The molecule has 2 N–H and O–H groups in total. The van der Waals surface area contributed by atoms with Crippen LogP contribution in [0.2, 0.25) is 0 Å². The maximum Gasteiger partial charge on any atom is 0.407 e. The largest absolute Gasteiger partial charge is 0.496 e. The summed E-state index contributed by atoms with van der Waals surface area (Å²) in [5.74, 6) is 0.219. The normalized spacial score (nSPS) is 22.0. The van der Waals surface area contributed by atoms with Crippen molar-refractivity contribution >= 4 is 17.9 Å². The molecule has 27 heavy (non-hydrogen) atoms. The van der Waals surface area contributed by atoms with E-state index in [1.54, 1.807) is 12.0 Å². The minimum Gasteiger partial charge on any atom is -0.496 e. The van der Waals surface area contributed by atoms with Gasteiger partial charge in [-0.1, -0.05) is 18.2 Å². The molecule has 0 radical (unpaired) electrons. The Bertz CT molecular complexity index is 723. The van der Waals surface area contributed by atoms with Gasteiger partial charge in [0.15, 0.2) is 0 Å². The standard InChI is InChI=1S/C19H25N3O5/c1-27-16-9-3-2-6-13(16)12-20-17(23)14-7-4-10-21(14)18(24)15-8-5-11-22(15)19(25)26/h2-3,6,9,14-15H,4-5,7-8,10-12H2,1H3,(H,20,23)(H,25,26)/t14-,15?/m0/s1. The van der Waals surface area contributed by atoms with E-state index < -0.39 is 18.2 Å². The summed E-state index contributed by atoms with van der Waals surface area (Å²) in [5, 5.41) is 12.2. The number of carbonyl (C=O) groups is 3. The Morgan fingerprint density at radius 2 is 1.78 bits per heavy atom. The number of ether oxygens (including phenoxy) is 1. The molecule has 3 rings (SSSR count). The number of para-hydroxylation sites is 1. The zero-order valence-electron chi connectivity index (χ0n) is 15.4. The maximum atomic E-state index is 12.9. The van der Waals surface area contributed by atoms with E-state index in [0.717, 1.165) is 12.0 Å². The first-order valence-electron chi connectivity index (χ1n) is 9.22. The van der Waals surface area contributed by atoms with Crippen LogP contribution in [0.25, 0.3) is 0 Å². The van der Waals surface area contributed by atoms with Gasteiger partial charge >= 0.3 is 6.09 Å². The SMILES string of the molecule is COc1ccccc1CNC(=O)[C@@H]1CCCN1C(=O)C1CCCN1C(=O)O. The average Bonchev–Trinajstić information content (AvgIpc) is 3.35. The van der Waals surface area contributed by atoms with Crippen molar-refractivity contribution in [3.05, 3.63) is 29.8 Å². The molecule has 1 aromatic carbocycles. The number of amides is 3. The zero-order chi connectivity index (χ0) is 19.4. The van der Waals surface area contributed by atoms with Gasteiger partial charge in [0.1, 0.15) is 17.8 Å². The Balaban J connectivity index is 1.64. The second-order valence-corrected chi connectivity index (χ2v) is 6.85. The van der Waals surface area contributed by atoms with Crippen LogP contribution in [0.1, 0.15) is 31.2 Å². The number of carbonyl (C=O) groups excluding carboxylic acids is 2. The van der Waals surface area contributed by atoms with Gasteiger partial charge in [0.2, 0.25) is 11.8 Å². The highest BCUT2D eigenvalue weighted by atomic mass is 16.5. The Labute approximate surface area is 158 Å². The molecule has 2 aliphatic heterocycles. The highest BCUT2D eigenvalue weighted by molar-refractivity contribution is 5.92. The molecule has 0 saturated carbocycles. The molecule has 1 unspecified atom stereocenters. The van der Waals surface area contributed by atoms with E-state index >= 15 is 0 Å². The summed E-state index contributed by atoms with van der Waals surface area (Å²) in [6, 6.07) is 6.20. The molecule has 8 nitrogen and oxygen atoms in total. The third-order valence-electron chi connectivity index (χ3n) is 5.27. The lowest BCUT2D eigenvalue weighted by molar-refractivity contribution is -0.141. The zero-order valence-corrected chi connectivity index (χ0v) is 15.4. The van der Waals surface area contributed by atoms with Crippen molar-refractivity contribution < 1.29 is 24.2 Å². The van der Waals surface area contributed by atoms with E-state index in [9.17, 15) is 19.5 Å². The first kappa shape index (κ1) is 19.0. The molecule has 2 heterocycles. The monoisotopic (exact) mass is 375 g/mol. The van der Waals surface area contributed by atoms with Gasteiger partial charge in [-0.25, -0.2) is 4.79 Å². The minimum atomic E-state index is -1.08. The number of likely N-dealkylation sites (tertiary alicyclic amines) is 2. The highest BCUT2D eigenvalue weighted by Gasteiger charge is 2.42. The molecule has 3 amide bonds. The van der Waals surface area contributed by atoms with Crippen molar-refractivity contribution in [3.63, 3.8) is 0 Å². The van der Waals surface area contributed by atoms with E-state index in [-0.39, 0.29) is 11.8 Å². The van der Waals surface area contributed by atoms with Crippen LogP contribution >= 0.6 is 0 Å². The number of nitrogens with one attached hydrogen (secondary N) is 1. The fourth-order valence-electron chi connectivity index (χ4n) is 3.90. The number of carboxylic acid groups (broad SMARTS) is 1. The molecule has 0 aromatic heterocycles. The fourth-order valence-corrected chi connectivity index (χ4v) is 3.90. The number of hydrogen-bond donors (Lipinski definition) is 2. The Morgan fingerprint density at radius 1 is 1.11 bits per heavy atom. The van der Waals surface area contributed by atoms with Crippen molar-refractivity contribution in [2.75, 3.05) is 20.2 Å². The van der Waals surface area contributed by atoms with E-state index in [4.69, 9.17) is 4.74 Å². The molecule has 2 fully saturated rings. The smallest absolute Gasteiger partial charge is 0.407 e. The van der Waals surface area contributed by atoms with Gasteiger partial charge in [0.05, 0.1) is 7.11 Å². The summed E-state index contributed by atoms with van der Waals surface area (Å²) in [5.41, 5.74) is 0.858. The van der Waals surface area contributed by atoms with Crippen molar-refractivity contribution in [1.82, 2.24) is 15.1 Å². The van der Waals surface area contributed by atoms with Crippen LogP contribution < -0.4 is 10.1 Å². The molecular weight excluding hydrogens is 350 g/mol. The lowest BCUT2D eigenvalue weighted by Crippen LogP contribution is -2.52. The van der Waals surface area contributed by atoms with Gasteiger partial charge in [-0.15, -0.1) is 0 Å². The van der Waals surface area contributed by atoms with Crippen LogP contribution in [0.15, 0.2) is 24.3 Å². The number of benzene rings is 1. The predicted molar refractivity (Wildman–Crippen MR) is 97.3 cm³/mol. The molecule has 146 valence electrons. The Morgan fingerprint density at radius 3 is 2.48 bits per heavy atom. The van der Waals surface area contributed by atoms with Crippen LogP contribution in [-0.4, -0.2) is 65.1 Å². The summed E-state index contributed by atoms with van der Waals surface area (Å²) in [6.07, 6.45) is 1.42. The number of nitrogens with zero attached hydrogens (tertiary/aromatic N) is 2. The Kier molecular flexibility index (Phi) is 5.83. The molecular formula is C19H25N3O5. The molecule has 0 aliphatic carbocycles. The predicted octanol–water partition coefficient (Wildman–Crippen LogP) is 1.44. The minimum absolute atomic E-state index is 0.216. The summed E-state index contributed by atoms with van der Waals surface area (Å²) < 4.78 is 5.29. The second-order valence-electron chi connectivity index (χ2n) is 6.85. The average molecular weight is 375 g/mol. The number of hydrogen-bond acceptors (Lipinski definition) is 4. The maximum absolute atomic E-state index is 12.9. The van der Waals surface area contributed by atoms with E-state index in [0.29, 0.717) is 44.6 Å². The van der Waals surface area contributed by atoms with Crippen molar-refractivity contribution in [3.8, 4) is 5.75 Å². The molecule has 8 heteroatoms. The lowest BCUT2D eigenvalue weighted by atomic mass is 10.1. The van der Waals surface area contributed by atoms with Crippen molar-refractivity contribution in [2.24, 2.45) is 0 Å². The van der Waals surface area contributed by atoms with Crippen LogP contribution in [0.4, 0.5) is 4.79 Å². The van der Waals surface area contributed by atoms with Crippen LogP contribution in [0, 0.1) is 0 Å². The van der Waals surface area contributed by atoms with Crippen LogP contribution in [0.5, 0.6) is 5.75 Å². The van der Waals surface area contributed by atoms with Gasteiger partial charge in [-0.3, -0.25) is 14.5 Å². The van der Waals surface area contributed by atoms with Gasteiger partial charge in [0.25, 0.3) is 0 Å². The third-order valence-corrected chi connectivity index (χ3v) is 5.27. The summed E-state index contributed by atoms with van der Waals surface area (Å²) >= 11 is 0. The molecule has 2 saturated heterocycles. The number of rotatable bonds is 5. The van der Waals surface area contributed by atoms with Gasteiger partial charge in [-0.05, 0) is 31.7 Å². The molecule has 1 aromatic rings. The van der Waals surface area contributed by atoms with E-state index in [2.05, 4.69) is 5.32 Å². The summed E-state index contributed by atoms with van der Waals surface area (Å²) in [4.78, 5) is 39.6. The quantitative estimate of drug-likeness (QED) is 0.811. The first-order valence-corrected chi connectivity index (χ1v) is 9.22. The summed E-state index contributed by atoms with van der Waals surface area (Å²) in [6.45, 7) is 1.16. The van der Waals surface area contributed by atoms with Gasteiger partial charge in [-0.2, -0.15) is 0 Å². The molecule has 2 aliphatic rings.